The highest BCUT2D eigenvalue weighted by atomic mass is 16.1. The Kier molecular flexibility index (Phi) is 4.62. The molecule has 8 heteroatoms. The van der Waals surface area contributed by atoms with Crippen LogP contribution in [0.3, 0.4) is 0 Å². The second-order valence-corrected chi connectivity index (χ2v) is 6.87. The molecule has 1 amide bonds. The first-order chi connectivity index (χ1) is 13.1. The van der Waals surface area contributed by atoms with Crippen LogP contribution < -0.4 is 10.2 Å². The van der Waals surface area contributed by atoms with Crippen LogP contribution in [0.2, 0.25) is 0 Å². The number of aromatic nitrogens is 5. The smallest absolute Gasteiger partial charge is 0.258 e. The van der Waals surface area contributed by atoms with Gasteiger partial charge in [0.2, 0.25) is 11.9 Å². The molecular weight excluding hydrogens is 342 g/mol. The lowest BCUT2D eigenvalue weighted by Gasteiger charge is -2.24. The summed E-state index contributed by atoms with van der Waals surface area (Å²) in [5, 5.41) is 14.3. The van der Waals surface area contributed by atoms with Crippen LogP contribution in [0, 0.1) is 13.8 Å². The second kappa shape index (κ2) is 7.22. The topological polar surface area (TPSA) is 91.7 Å². The summed E-state index contributed by atoms with van der Waals surface area (Å²) in [4.78, 5) is 19.0. The fourth-order valence-electron chi connectivity index (χ4n) is 3.37. The van der Waals surface area contributed by atoms with Crippen molar-refractivity contribution in [2.24, 2.45) is 0 Å². The molecule has 3 heterocycles. The molecule has 1 saturated heterocycles. The third kappa shape index (κ3) is 3.69. The number of hydrogen-bond acceptors (Lipinski definition) is 5. The number of aromatic amines is 1. The molecule has 1 fully saturated rings. The van der Waals surface area contributed by atoms with E-state index < -0.39 is 0 Å². The summed E-state index contributed by atoms with van der Waals surface area (Å²) < 4.78 is 1.86. The molecule has 2 N–H and O–H groups in total. The number of benzene rings is 1. The van der Waals surface area contributed by atoms with E-state index in [-0.39, 0.29) is 5.91 Å². The zero-order chi connectivity index (χ0) is 18.8. The zero-order valence-corrected chi connectivity index (χ0v) is 15.6. The summed E-state index contributed by atoms with van der Waals surface area (Å²) in [5.74, 6) is 0.782. The van der Waals surface area contributed by atoms with Crippen molar-refractivity contribution in [3.05, 3.63) is 47.3 Å². The third-order valence-electron chi connectivity index (χ3n) is 4.73. The van der Waals surface area contributed by atoms with Crippen LogP contribution in [-0.2, 0) is 0 Å². The Morgan fingerprint density at radius 2 is 1.85 bits per heavy atom. The largest absolute Gasteiger partial charge is 0.340 e. The van der Waals surface area contributed by atoms with Crippen molar-refractivity contribution in [1.82, 2.24) is 25.0 Å². The highest BCUT2D eigenvalue weighted by Gasteiger charge is 2.16. The lowest BCUT2D eigenvalue weighted by Crippen LogP contribution is -2.30. The van der Waals surface area contributed by atoms with Crippen LogP contribution in [0.5, 0.6) is 0 Å². The van der Waals surface area contributed by atoms with Gasteiger partial charge in [0.05, 0.1) is 11.4 Å². The number of piperidine rings is 1. The number of nitrogens with one attached hydrogen (secondary N) is 2. The van der Waals surface area contributed by atoms with Gasteiger partial charge < -0.3 is 4.90 Å². The predicted molar refractivity (Wildman–Crippen MR) is 103 cm³/mol. The number of nitrogens with zero attached hydrogens (tertiary/aromatic N) is 5. The summed E-state index contributed by atoms with van der Waals surface area (Å²) in [7, 11) is 0. The molecule has 0 aliphatic carbocycles. The monoisotopic (exact) mass is 365 g/mol. The minimum absolute atomic E-state index is 0.226. The fourth-order valence-corrected chi connectivity index (χ4v) is 3.37. The average molecular weight is 365 g/mol. The number of H-pyrrole nitrogens is 1. The van der Waals surface area contributed by atoms with Gasteiger partial charge >= 0.3 is 0 Å². The van der Waals surface area contributed by atoms with Crippen LogP contribution in [0.1, 0.15) is 41.0 Å². The average Bonchev–Trinajstić information content (AvgIpc) is 3.28. The minimum Gasteiger partial charge on any atom is -0.340 e. The van der Waals surface area contributed by atoms with Crippen LogP contribution >= 0.6 is 0 Å². The standard InChI is InChI=1S/C19H23N7O/c1-13-12-14(2)26(24-13)16-8-6-15(7-9-16)17(27)20-18-21-19(23-22-18)25-10-4-3-5-11-25/h6-9,12H,3-5,10-11H2,1-2H3,(H2,20,21,22,23,27). The lowest BCUT2D eigenvalue weighted by molar-refractivity contribution is 0.102. The molecule has 2 aromatic heterocycles. The number of carbonyl (C=O) groups is 1. The fraction of sp³-hybridized carbons (Fsp3) is 0.368. The van der Waals surface area contributed by atoms with Gasteiger partial charge in [-0.05, 0) is 63.4 Å². The molecule has 1 aliphatic rings. The first-order valence-corrected chi connectivity index (χ1v) is 9.22. The highest BCUT2D eigenvalue weighted by molar-refractivity contribution is 6.03. The molecule has 4 rings (SSSR count). The Hall–Kier alpha value is -3.16. The zero-order valence-electron chi connectivity index (χ0n) is 15.6. The first kappa shape index (κ1) is 17.3. The minimum atomic E-state index is -0.226. The van der Waals surface area contributed by atoms with Gasteiger partial charge in [0.15, 0.2) is 0 Å². The van der Waals surface area contributed by atoms with E-state index in [0.717, 1.165) is 43.0 Å². The van der Waals surface area contributed by atoms with Gasteiger partial charge in [0.1, 0.15) is 0 Å². The van der Waals surface area contributed by atoms with Gasteiger partial charge in [0.25, 0.3) is 5.91 Å². The number of anilines is 2. The molecule has 27 heavy (non-hydrogen) atoms. The number of aryl methyl sites for hydroxylation is 2. The normalized spacial score (nSPS) is 14.4. The maximum atomic E-state index is 12.5. The molecule has 0 radical (unpaired) electrons. The molecule has 1 aliphatic heterocycles. The van der Waals surface area contributed by atoms with Crippen LogP contribution in [-0.4, -0.2) is 44.0 Å². The van der Waals surface area contributed by atoms with Gasteiger partial charge in [-0.1, -0.05) is 0 Å². The summed E-state index contributed by atoms with van der Waals surface area (Å²) in [6.45, 7) is 5.88. The van der Waals surface area contributed by atoms with E-state index in [1.54, 1.807) is 12.1 Å². The molecule has 0 atom stereocenters. The third-order valence-corrected chi connectivity index (χ3v) is 4.73. The van der Waals surface area contributed by atoms with Crippen LogP contribution in [0.4, 0.5) is 11.9 Å². The Bertz CT molecular complexity index is 935. The van der Waals surface area contributed by atoms with E-state index in [1.807, 2.05) is 36.7 Å². The lowest BCUT2D eigenvalue weighted by atomic mass is 10.1. The maximum absolute atomic E-state index is 12.5. The molecule has 140 valence electrons. The second-order valence-electron chi connectivity index (χ2n) is 6.87. The first-order valence-electron chi connectivity index (χ1n) is 9.22. The van der Waals surface area contributed by atoms with E-state index in [9.17, 15) is 4.79 Å². The van der Waals surface area contributed by atoms with E-state index in [2.05, 4.69) is 30.5 Å². The number of rotatable bonds is 4. The van der Waals surface area contributed by atoms with E-state index in [1.165, 1.54) is 6.42 Å². The van der Waals surface area contributed by atoms with Crippen LogP contribution in [0.15, 0.2) is 30.3 Å². The van der Waals surface area contributed by atoms with Crippen molar-refractivity contribution in [2.45, 2.75) is 33.1 Å². The summed E-state index contributed by atoms with van der Waals surface area (Å²) >= 11 is 0. The van der Waals surface area contributed by atoms with E-state index >= 15 is 0 Å². The van der Waals surface area contributed by atoms with Gasteiger partial charge in [0, 0.05) is 24.3 Å². The maximum Gasteiger partial charge on any atom is 0.258 e. The van der Waals surface area contributed by atoms with Gasteiger partial charge in [-0.25, -0.2) is 9.78 Å². The number of hydrogen-bond donors (Lipinski definition) is 2. The quantitative estimate of drug-likeness (QED) is 0.742. The predicted octanol–water partition coefficient (Wildman–Crippen LogP) is 2.85. The van der Waals surface area contributed by atoms with Crippen LogP contribution in [0.25, 0.3) is 5.69 Å². The molecule has 0 unspecified atom stereocenters. The highest BCUT2D eigenvalue weighted by Crippen LogP contribution is 2.17. The molecule has 0 spiro atoms. The number of carbonyl (C=O) groups excluding carboxylic acids is 1. The van der Waals surface area contributed by atoms with Crippen molar-refractivity contribution >= 4 is 17.8 Å². The molecular formula is C19H23N7O. The number of amides is 1. The summed E-state index contributed by atoms with van der Waals surface area (Å²) in [6.07, 6.45) is 3.55. The van der Waals surface area contributed by atoms with Crippen molar-refractivity contribution in [3.63, 3.8) is 0 Å². The van der Waals surface area contributed by atoms with Crippen molar-refractivity contribution in [1.29, 1.82) is 0 Å². The van der Waals surface area contributed by atoms with Crippen molar-refractivity contribution in [3.8, 4) is 5.69 Å². The van der Waals surface area contributed by atoms with Gasteiger partial charge in [-0.3, -0.25) is 10.1 Å². The Morgan fingerprint density at radius 1 is 1.11 bits per heavy atom. The Labute approximate surface area is 157 Å². The van der Waals surface area contributed by atoms with Crippen molar-refractivity contribution in [2.75, 3.05) is 23.3 Å². The Morgan fingerprint density at radius 3 is 2.52 bits per heavy atom. The molecule has 8 nitrogen and oxygen atoms in total. The van der Waals surface area contributed by atoms with E-state index in [4.69, 9.17) is 0 Å². The SMILES string of the molecule is Cc1cc(C)n(-c2ccc(C(=O)Nc3nc(N4CCCCC4)n[nH]3)cc2)n1. The van der Waals surface area contributed by atoms with Crippen molar-refractivity contribution < 1.29 is 4.79 Å². The van der Waals surface area contributed by atoms with Gasteiger partial charge in [-0.2, -0.15) is 10.1 Å². The molecule has 1 aromatic carbocycles. The molecule has 0 saturated carbocycles. The summed E-state index contributed by atoms with van der Waals surface area (Å²) in [6, 6.07) is 9.35. The molecule has 3 aromatic rings. The van der Waals surface area contributed by atoms with Gasteiger partial charge in [-0.15, -0.1) is 5.10 Å². The van der Waals surface area contributed by atoms with E-state index in [0.29, 0.717) is 17.5 Å². The summed E-state index contributed by atoms with van der Waals surface area (Å²) in [5.41, 5.74) is 3.49. The molecule has 0 bridgehead atoms. The Balaban J connectivity index is 1.44.